The molecule has 0 aliphatic heterocycles. The first-order chi connectivity index (χ1) is 9.40. The van der Waals surface area contributed by atoms with Crippen LogP contribution in [0, 0.1) is 0 Å². The molecule has 0 heterocycles. The number of hydrogen-bond acceptors (Lipinski definition) is 3. The zero-order valence-electron chi connectivity index (χ0n) is 10.2. The fourth-order valence-corrected chi connectivity index (χ4v) is 2.99. The number of anilines is 1. The number of nitrogens with one attached hydrogen (secondary N) is 1. The third-order valence-electron chi connectivity index (χ3n) is 2.56. The summed E-state index contributed by atoms with van der Waals surface area (Å²) < 4.78 is 27.0. The summed E-state index contributed by atoms with van der Waals surface area (Å²) in [6.45, 7) is 0. The van der Waals surface area contributed by atoms with Gasteiger partial charge in [-0.25, -0.2) is 8.42 Å². The monoisotopic (exact) mass is 326 g/mol. The molecule has 0 aliphatic rings. The fraction of sp³-hybridized carbons (Fsp3) is 0. The van der Waals surface area contributed by atoms with Gasteiger partial charge in [0.15, 0.2) is 0 Å². The lowest BCUT2D eigenvalue weighted by molar-refractivity contribution is 0.601. The smallest absolute Gasteiger partial charge is 0.261 e. The molecule has 0 amide bonds. The van der Waals surface area contributed by atoms with E-state index in [9.17, 15) is 8.42 Å². The van der Waals surface area contributed by atoms with E-state index in [1.807, 2.05) is 0 Å². The average molecular weight is 327 g/mol. The highest BCUT2D eigenvalue weighted by atomic mass is 35.5. The van der Waals surface area contributed by atoms with E-state index in [2.05, 4.69) is 4.72 Å². The maximum Gasteiger partial charge on any atom is 0.261 e. The first-order valence-electron chi connectivity index (χ1n) is 5.57. The first kappa shape index (κ1) is 14.8. The van der Waals surface area contributed by atoms with Gasteiger partial charge in [0.25, 0.3) is 10.0 Å². The van der Waals surface area contributed by atoms with Crippen LogP contribution < -0.4 is 10.5 Å². The Hall–Kier alpha value is -1.63. The Morgan fingerprint density at radius 2 is 1.70 bits per heavy atom. The van der Waals surface area contributed by atoms with Gasteiger partial charge in [0, 0.05) is 10.6 Å². The van der Waals surface area contributed by atoms with E-state index in [1.165, 1.54) is 24.3 Å². The summed E-state index contributed by atoms with van der Waals surface area (Å²) >= 11 is 10.6. The molecule has 0 unspecified atom stereocenters. The summed E-state index contributed by atoms with van der Waals surface area (Å²) in [5.41, 5.74) is 6.39. The molecular weight excluding hydrogens is 316 g/mol. The second-order valence-electron chi connectivity index (χ2n) is 3.97. The highest BCUT2D eigenvalue weighted by Gasteiger charge is 2.16. The van der Waals surface area contributed by atoms with Crippen molar-refractivity contribution >= 4 is 44.5 Å². The van der Waals surface area contributed by atoms with Crippen molar-refractivity contribution in [2.24, 2.45) is 5.73 Å². The van der Waals surface area contributed by atoms with E-state index < -0.39 is 10.0 Å². The summed E-state index contributed by atoms with van der Waals surface area (Å²) in [4.78, 5) is 0.235. The minimum Gasteiger partial charge on any atom is -0.389 e. The predicted molar refractivity (Wildman–Crippen MR) is 84.6 cm³/mol. The number of halogens is 1. The molecule has 0 bridgehead atoms. The van der Waals surface area contributed by atoms with Gasteiger partial charge in [-0.1, -0.05) is 36.0 Å². The Morgan fingerprint density at radius 3 is 2.30 bits per heavy atom. The maximum absolute atomic E-state index is 12.2. The van der Waals surface area contributed by atoms with Gasteiger partial charge in [-0.3, -0.25) is 4.72 Å². The lowest BCUT2D eigenvalue weighted by Gasteiger charge is -2.11. The molecule has 2 aromatic rings. The predicted octanol–water partition coefficient (Wildman–Crippen LogP) is 2.78. The molecule has 2 aromatic carbocycles. The van der Waals surface area contributed by atoms with Gasteiger partial charge in [0.2, 0.25) is 0 Å². The van der Waals surface area contributed by atoms with Crippen LogP contribution in [-0.2, 0) is 10.0 Å². The Kier molecular flexibility index (Phi) is 4.27. The normalized spacial score (nSPS) is 11.1. The topological polar surface area (TPSA) is 72.2 Å². The highest BCUT2D eigenvalue weighted by molar-refractivity contribution is 7.92. The summed E-state index contributed by atoms with van der Waals surface area (Å²) in [6.07, 6.45) is 0. The van der Waals surface area contributed by atoms with Crippen molar-refractivity contribution in [3.63, 3.8) is 0 Å². The van der Waals surface area contributed by atoms with Crippen molar-refractivity contribution in [1.29, 1.82) is 0 Å². The molecule has 2 rings (SSSR count). The third kappa shape index (κ3) is 3.27. The fourth-order valence-electron chi connectivity index (χ4n) is 1.60. The molecule has 0 aromatic heterocycles. The summed E-state index contributed by atoms with van der Waals surface area (Å²) in [6, 6.07) is 12.5. The minimum absolute atomic E-state index is 0.111. The van der Waals surface area contributed by atoms with Gasteiger partial charge in [-0.05, 0) is 36.4 Å². The number of para-hydroxylation sites is 1. The number of thiocarbonyl (C=S) groups is 1. The Labute approximate surface area is 127 Å². The van der Waals surface area contributed by atoms with Gasteiger partial charge >= 0.3 is 0 Å². The van der Waals surface area contributed by atoms with Crippen molar-refractivity contribution in [2.75, 3.05) is 4.72 Å². The van der Waals surface area contributed by atoms with Gasteiger partial charge in [0.05, 0.1) is 10.6 Å². The molecule has 0 spiro atoms. The second-order valence-corrected chi connectivity index (χ2v) is 6.53. The molecule has 0 saturated carbocycles. The van der Waals surface area contributed by atoms with Crippen molar-refractivity contribution in [3.05, 3.63) is 59.1 Å². The van der Waals surface area contributed by atoms with Crippen LogP contribution in [0.25, 0.3) is 0 Å². The van der Waals surface area contributed by atoms with Gasteiger partial charge < -0.3 is 5.73 Å². The number of hydrogen-bond donors (Lipinski definition) is 2. The van der Waals surface area contributed by atoms with Gasteiger partial charge in [-0.2, -0.15) is 0 Å². The minimum atomic E-state index is -3.71. The van der Waals surface area contributed by atoms with E-state index in [1.54, 1.807) is 24.3 Å². The summed E-state index contributed by atoms with van der Waals surface area (Å²) in [7, 11) is -3.71. The second kappa shape index (κ2) is 5.78. The first-order valence-corrected chi connectivity index (χ1v) is 7.84. The Balaban J connectivity index is 2.38. The van der Waals surface area contributed by atoms with Crippen molar-refractivity contribution in [2.45, 2.75) is 4.90 Å². The molecule has 0 aliphatic carbocycles. The third-order valence-corrected chi connectivity index (χ3v) is 4.41. The van der Waals surface area contributed by atoms with Crippen LogP contribution in [0.2, 0.25) is 5.02 Å². The molecule has 20 heavy (non-hydrogen) atoms. The SMILES string of the molecule is NC(=S)c1ccccc1NS(=O)(=O)c1ccc(Cl)cc1. The van der Waals surface area contributed by atoms with E-state index in [0.29, 0.717) is 16.3 Å². The largest absolute Gasteiger partial charge is 0.389 e. The quantitative estimate of drug-likeness (QED) is 0.847. The lowest BCUT2D eigenvalue weighted by atomic mass is 10.2. The van der Waals surface area contributed by atoms with Crippen LogP contribution in [0.3, 0.4) is 0 Å². The molecule has 0 fully saturated rings. The zero-order chi connectivity index (χ0) is 14.8. The number of sulfonamides is 1. The standard InChI is InChI=1S/C13H11ClN2O2S2/c14-9-5-7-10(8-6-9)20(17,18)16-12-4-2-1-3-11(12)13(15)19/h1-8,16H,(H2,15,19). The summed E-state index contributed by atoms with van der Waals surface area (Å²) in [5.74, 6) is 0. The lowest BCUT2D eigenvalue weighted by Crippen LogP contribution is -2.17. The van der Waals surface area contributed by atoms with Gasteiger partial charge in [0.1, 0.15) is 4.99 Å². The van der Waals surface area contributed by atoms with Crippen LogP contribution in [0.4, 0.5) is 5.69 Å². The van der Waals surface area contributed by atoms with Crippen LogP contribution in [-0.4, -0.2) is 13.4 Å². The van der Waals surface area contributed by atoms with E-state index in [0.717, 1.165) is 0 Å². The van der Waals surface area contributed by atoms with Crippen LogP contribution in [0.1, 0.15) is 5.56 Å². The van der Waals surface area contributed by atoms with Gasteiger partial charge in [-0.15, -0.1) is 0 Å². The number of benzene rings is 2. The van der Waals surface area contributed by atoms with Crippen molar-refractivity contribution < 1.29 is 8.42 Å². The molecule has 3 N–H and O–H groups in total. The van der Waals surface area contributed by atoms with E-state index in [-0.39, 0.29) is 9.88 Å². The Morgan fingerprint density at radius 1 is 1.10 bits per heavy atom. The molecule has 7 heteroatoms. The zero-order valence-corrected chi connectivity index (χ0v) is 12.6. The van der Waals surface area contributed by atoms with E-state index in [4.69, 9.17) is 29.6 Å². The summed E-state index contributed by atoms with van der Waals surface area (Å²) in [5, 5.41) is 0.465. The molecule has 104 valence electrons. The average Bonchev–Trinajstić information content (AvgIpc) is 2.39. The molecule has 4 nitrogen and oxygen atoms in total. The molecular formula is C13H11ClN2O2S2. The molecule has 0 radical (unpaired) electrons. The van der Waals surface area contributed by atoms with Crippen LogP contribution >= 0.6 is 23.8 Å². The maximum atomic E-state index is 12.2. The van der Waals surface area contributed by atoms with Crippen LogP contribution in [0.5, 0.6) is 0 Å². The highest BCUT2D eigenvalue weighted by Crippen LogP contribution is 2.21. The van der Waals surface area contributed by atoms with Crippen molar-refractivity contribution in [3.8, 4) is 0 Å². The number of nitrogens with two attached hydrogens (primary N) is 1. The van der Waals surface area contributed by atoms with E-state index >= 15 is 0 Å². The molecule has 0 atom stereocenters. The molecule has 0 saturated heterocycles. The van der Waals surface area contributed by atoms with Crippen molar-refractivity contribution in [1.82, 2.24) is 0 Å². The Bertz CT molecular complexity index is 743. The number of rotatable bonds is 4. The van der Waals surface area contributed by atoms with Crippen LogP contribution in [0.15, 0.2) is 53.4 Å².